The normalized spacial score (nSPS) is 13.2. The Hall–Kier alpha value is -1.38. The van der Waals surface area contributed by atoms with E-state index in [-0.39, 0.29) is 17.3 Å². The lowest BCUT2D eigenvalue weighted by Crippen LogP contribution is -2.16. The lowest BCUT2D eigenvalue weighted by Gasteiger charge is -2.24. The van der Waals surface area contributed by atoms with Gasteiger partial charge in [0.15, 0.2) is 0 Å². The standard InChI is InChI=1S/C18H21ClFN/c1-4-18(2,3)13-7-5-12(6-8-13)17(21)15-10-9-14(20)11-16(15)19/h5-11,17H,4,21H2,1-3H3. The molecule has 2 aromatic carbocycles. The first-order valence-electron chi connectivity index (χ1n) is 7.16. The molecule has 1 nitrogen and oxygen atoms in total. The van der Waals surface area contributed by atoms with Crippen molar-refractivity contribution in [1.82, 2.24) is 0 Å². The number of nitrogens with two attached hydrogens (primary N) is 1. The minimum Gasteiger partial charge on any atom is -0.320 e. The lowest BCUT2D eigenvalue weighted by molar-refractivity contribution is 0.506. The molecule has 0 aliphatic heterocycles. The average molecular weight is 306 g/mol. The van der Waals surface area contributed by atoms with E-state index < -0.39 is 0 Å². The van der Waals surface area contributed by atoms with Crippen molar-refractivity contribution in [3.8, 4) is 0 Å². The van der Waals surface area contributed by atoms with Crippen LogP contribution in [0.1, 0.15) is 49.9 Å². The fraction of sp³-hybridized carbons (Fsp3) is 0.333. The molecular formula is C18H21ClFN. The first-order chi connectivity index (χ1) is 9.85. The van der Waals surface area contributed by atoms with Crippen molar-refractivity contribution in [2.24, 2.45) is 5.73 Å². The van der Waals surface area contributed by atoms with Gasteiger partial charge in [-0.1, -0.05) is 62.7 Å². The van der Waals surface area contributed by atoms with Crippen molar-refractivity contribution in [2.45, 2.75) is 38.6 Å². The number of benzene rings is 2. The van der Waals surface area contributed by atoms with Gasteiger partial charge in [0.1, 0.15) is 5.82 Å². The van der Waals surface area contributed by atoms with E-state index in [1.807, 2.05) is 12.1 Å². The molecule has 0 aliphatic rings. The summed E-state index contributed by atoms with van der Waals surface area (Å²) in [6, 6.07) is 12.2. The summed E-state index contributed by atoms with van der Waals surface area (Å²) in [5.41, 5.74) is 9.39. The summed E-state index contributed by atoms with van der Waals surface area (Å²) in [5.74, 6) is -0.351. The van der Waals surface area contributed by atoms with E-state index in [0.717, 1.165) is 17.5 Å². The third-order valence-corrected chi connectivity index (χ3v) is 4.56. The first kappa shape index (κ1) is 16.0. The van der Waals surface area contributed by atoms with Gasteiger partial charge in [-0.2, -0.15) is 0 Å². The maximum Gasteiger partial charge on any atom is 0.124 e. The zero-order chi connectivity index (χ0) is 15.6. The maximum atomic E-state index is 13.1. The van der Waals surface area contributed by atoms with Crippen LogP contribution in [0.3, 0.4) is 0 Å². The Morgan fingerprint density at radius 2 is 1.76 bits per heavy atom. The molecule has 0 amide bonds. The minimum atomic E-state index is -0.351. The Labute approximate surface area is 130 Å². The van der Waals surface area contributed by atoms with Crippen molar-refractivity contribution in [2.75, 3.05) is 0 Å². The molecule has 0 spiro atoms. The van der Waals surface area contributed by atoms with Gasteiger partial charge in [0.2, 0.25) is 0 Å². The summed E-state index contributed by atoms with van der Waals surface area (Å²) >= 11 is 6.08. The van der Waals surface area contributed by atoms with Gasteiger partial charge in [-0.05, 0) is 40.7 Å². The molecule has 2 rings (SSSR count). The predicted octanol–water partition coefficient (Wildman–Crippen LogP) is 5.21. The zero-order valence-corrected chi connectivity index (χ0v) is 13.4. The summed E-state index contributed by atoms with van der Waals surface area (Å²) in [4.78, 5) is 0. The van der Waals surface area contributed by atoms with Crippen LogP contribution in [0.4, 0.5) is 4.39 Å². The Balaban J connectivity index is 2.30. The van der Waals surface area contributed by atoms with Gasteiger partial charge in [-0.25, -0.2) is 4.39 Å². The summed E-state index contributed by atoms with van der Waals surface area (Å²) in [6.45, 7) is 6.62. The van der Waals surface area contributed by atoms with Gasteiger partial charge >= 0.3 is 0 Å². The highest BCUT2D eigenvalue weighted by Gasteiger charge is 2.19. The Kier molecular flexibility index (Phi) is 4.70. The molecule has 0 bridgehead atoms. The third-order valence-electron chi connectivity index (χ3n) is 4.23. The molecule has 0 saturated carbocycles. The second-order valence-electron chi connectivity index (χ2n) is 6.00. The molecule has 2 N–H and O–H groups in total. The maximum absolute atomic E-state index is 13.1. The SMILES string of the molecule is CCC(C)(C)c1ccc(C(N)c2ccc(F)cc2Cl)cc1. The molecule has 0 aliphatic carbocycles. The van der Waals surface area contributed by atoms with Gasteiger partial charge in [0.05, 0.1) is 6.04 Å². The summed E-state index contributed by atoms with van der Waals surface area (Å²) in [5, 5.41) is 0.362. The molecule has 0 aromatic heterocycles. The molecule has 3 heteroatoms. The molecule has 112 valence electrons. The van der Waals surface area contributed by atoms with Crippen LogP contribution in [0.25, 0.3) is 0 Å². The summed E-state index contributed by atoms with van der Waals surface area (Å²) in [6.07, 6.45) is 1.07. The quantitative estimate of drug-likeness (QED) is 0.824. The molecule has 0 saturated heterocycles. The van der Waals surface area contributed by atoms with Crippen LogP contribution >= 0.6 is 11.6 Å². The lowest BCUT2D eigenvalue weighted by atomic mass is 9.81. The highest BCUT2D eigenvalue weighted by atomic mass is 35.5. The van der Waals surface area contributed by atoms with Crippen molar-refractivity contribution in [3.63, 3.8) is 0 Å². The van der Waals surface area contributed by atoms with Gasteiger partial charge in [0.25, 0.3) is 0 Å². The van der Waals surface area contributed by atoms with Crippen molar-refractivity contribution in [3.05, 3.63) is 70.0 Å². The van der Waals surface area contributed by atoms with E-state index in [1.165, 1.54) is 17.7 Å². The van der Waals surface area contributed by atoms with Crippen LogP contribution in [0.5, 0.6) is 0 Å². The molecule has 1 atom stereocenters. The monoisotopic (exact) mass is 305 g/mol. The second kappa shape index (κ2) is 6.17. The van der Waals surface area contributed by atoms with Gasteiger partial charge in [0, 0.05) is 5.02 Å². The van der Waals surface area contributed by atoms with E-state index in [0.29, 0.717) is 5.02 Å². The Morgan fingerprint density at radius 1 is 1.14 bits per heavy atom. The fourth-order valence-electron chi connectivity index (χ4n) is 2.28. The highest BCUT2D eigenvalue weighted by molar-refractivity contribution is 6.31. The molecular weight excluding hydrogens is 285 g/mol. The largest absolute Gasteiger partial charge is 0.320 e. The van der Waals surface area contributed by atoms with Crippen molar-refractivity contribution in [1.29, 1.82) is 0 Å². The zero-order valence-electron chi connectivity index (χ0n) is 12.7. The molecule has 0 heterocycles. The Bertz CT molecular complexity index is 620. The van der Waals surface area contributed by atoms with Crippen LogP contribution in [0, 0.1) is 5.82 Å². The fourth-order valence-corrected chi connectivity index (χ4v) is 2.56. The smallest absolute Gasteiger partial charge is 0.124 e. The number of halogens is 2. The van der Waals surface area contributed by atoms with E-state index >= 15 is 0 Å². The van der Waals surface area contributed by atoms with E-state index in [9.17, 15) is 4.39 Å². The number of rotatable bonds is 4. The molecule has 0 radical (unpaired) electrons. The first-order valence-corrected chi connectivity index (χ1v) is 7.54. The van der Waals surface area contributed by atoms with Crippen LogP contribution in [-0.2, 0) is 5.41 Å². The van der Waals surface area contributed by atoms with Crippen molar-refractivity contribution >= 4 is 11.6 Å². The number of hydrogen-bond donors (Lipinski definition) is 1. The third kappa shape index (κ3) is 3.45. The van der Waals surface area contributed by atoms with Crippen LogP contribution in [0.2, 0.25) is 5.02 Å². The molecule has 0 fully saturated rings. The highest BCUT2D eigenvalue weighted by Crippen LogP contribution is 2.30. The topological polar surface area (TPSA) is 26.0 Å². The Morgan fingerprint density at radius 3 is 2.29 bits per heavy atom. The summed E-state index contributed by atoms with van der Waals surface area (Å²) < 4.78 is 13.1. The minimum absolute atomic E-state index is 0.149. The van der Waals surface area contributed by atoms with Crippen molar-refractivity contribution < 1.29 is 4.39 Å². The van der Waals surface area contributed by atoms with Crippen LogP contribution in [0.15, 0.2) is 42.5 Å². The van der Waals surface area contributed by atoms with Crippen LogP contribution < -0.4 is 5.73 Å². The van der Waals surface area contributed by atoms with Gasteiger partial charge in [-0.3, -0.25) is 0 Å². The van der Waals surface area contributed by atoms with Crippen LogP contribution in [-0.4, -0.2) is 0 Å². The average Bonchev–Trinajstić information content (AvgIpc) is 2.47. The molecule has 21 heavy (non-hydrogen) atoms. The molecule has 1 unspecified atom stereocenters. The van der Waals surface area contributed by atoms with E-state index in [1.54, 1.807) is 6.07 Å². The predicted molar refractivity (Wildman–Crippen MR) is 87.2 cm³/mol. The van der Waals surface area contributed by atoms with E-state index in [2.05, 4.69) is 32.9 Å². The van der Waals surface area contributed by atoms with Gasteiger partial charge < -0.3 is 5.73 Å². The van der Waals surface area contributed by atoms with E-state index in [4.69, 9.17) is 17.3 Å². The number of hydrogen-bond acceptors (Lipinski definition) is 1. The molecule has 2 aromatic rings. The summed E-state index contributed by atoms with van der Waals surface area (Å²) in [7, 11) is 0. The second-order valence-corrected chi connectivity index (χ2v) is 6.41. The van der Waals surface area contributed by atoms with Gasteiger partial charge in [-0.15, -0.1) is 0 Å².